The molecule has 0 aliphatic carbocycles. The molecule has 1 aliphatic rings. The second-order valence-electron chi connectivity index (χ2n) is 6.09. The Morgan fingerprint density at radius 1 is 1.33 bits per heavy atom. The van der Waals surface area contributed by atoms with E-state index in [1.807, 2.05) is 12.1 Å². The van der Waals surface area contributed by atoms with Crippen LogP contribution in [0.15, 0.2) is 24.3 Å². The fourth-order valence-electron chi connectivity index (χ4n) is 3.25. The molecule has 0 spiro atoms. The first-order valence-corrected chi connectivity index (χ1v) is 8.19. The average molecular weight is 286 g/mol. The summed E-state index contributed by atoms with van der Waals surface area (Å²) in [4.78, 5) is 10.7. The van der Waals surface area contributed by atoms with Gasteiger partial charge >= 0.3 is 0 Å². The molecule has 21 heavy (non-hydrogen) atoms. The summed E-state index contributed by atoms with van der Waals surface area (Å²) in [7, 11) is 0. The van der Waals surface area contributed by atoms with Crippen LogP contribution in [0.4, 0.5) is 0 Å². The molecular formula is C17H26N4. The van der Waals surface area contributed by atoms with Crippen LogP contribution in [0.2, 0.25) is 0 Å². The van der Waals surface area contributed by atoms with E-state index in [9.17, 15) is 0 Å². The SMILES string of the molecule is CCN1CCCC(NC(C)c2nc3ccccc3[nH]2)CC1. The molecule has 1 aromatic heterocycles. The minimum absolute atomic E-state index is 0.274. The third-order valence-electron chi connectivity index (χ3n) is 4.57. The maximum absolute atomic E-state index is 4.70. The average Bonchev–Trinajstić information content (AvgIpc) is 2.81. The normalized spacial score (nSPS) is 22.3. The zero-order chi connectivity index (χ0) is 14.7. The molecule has 114 valence electrons. The van der Waals surface area contributed by atoms with Crippen LogP contribution in [0.5, 0.6) is 0 Å². The molecule has 2 N–H and O–H groups in total. The lowest BCUT2D eigenvalue weighted by Crippen LogP contribution is -2.33. The van der Waals surface area contributed by atoms with Crippen LogP contribution in [0.25, 0.3) is 11.0 Å². The van der Waals surface area contributed by atoms with Crippen LogP contribution in [0, 0.1) is 0 Å². The molecule has 4 nitrogen and oxygen atoms in total. The van der Waals surface area contributed by atoms with Gasteiger partial charge in [-0.25, -0.2) is 4.98 Å². The van der Waals surface area contributed by atoms with Gasteiger partial charge in [-0.1, -0.05) is 19.1 Å². The summed E-state index contributed by atoms with van der Waals surface area (Å²) < 4.78 is 0. The first kappa shape index (κ1) is 14.5. The van der Waals surface area contributed by atoms with Crippen LogP contribution in [0.3, 0.4) is 0 Å². The first-order valence-electron chi connectivity index (χ1n) is 8.19. The second kappa shape index (κ2) is 6.58. The molecule has 2 heterocycles. The molecule has 2 aromatic rings. The van der Waals surface area contributed by atoms with Crippen molar-refractivity contribution in [3.05, 3.63) is 30.1 Å². The van der Waals surface area contributed by atoms with E-state index in [1.165, 1.54) is 38.9 Å². The van der Waals surface area contributed by atoms with Gasteiger partial charge in [0.25, 0.3) is 0 Å². The molecule has 0 saturated carbocycles. The molecule has 2 unspecified atom stereocenters. The minimum Gasteiger partial charge on any atom is -0.341 e. The first-order chi connectivity index (χ1) is 10.3. The molecule has 4 heteroatoms. The molecule has 1 saturated heterocycles. The van der Waals surface area contributed by atoms with Gasteiger partial charge in [0.05, 0.1) is 17.1 Å². The van der Waals surface area contributed by atoms with Crippen molar-refractivity contribution in [2.75, 3.05) is 19.6 Å². The Kier molecular flexibility index (Phi) is 4.56. The van der Waals surface area contributed by atoms with Crippen LogP contribution >= 0.6 is 0 Å². The van der Waals surface area contributed by atoms with Crippen molar-refractivity contribution in [1.82, 2.24) is 20.2 Å². The Hall–Kier alpha value is -1.39. The van der Waals surface area contributed by atoms with Gasteiger partial charge in [-0.2, -0.15) is 0 Å². The number of imidazole rings is 1. The van der Waals surface area contributed by atoms with Crippen LogP contribution < -0.4 is 5.32 Å². The van der Waals surface area contributed by atoms with E-state index in [1.54, 1.807) is 0 Å². The van der Waals surface area contributed by atoms with Crippen molar-refractivity contribution in [1.29, 1.82) is 0 Å². The molecular weight excluding hydrogens is 260 g/mol. The third-order valence-corrected chi connectivity index (χ3v) is 4.57. The van der Waals surface area contributed by atoms with Gasteiger partial charge in [0.15, 0.2) is 0 Å². The third kappa shape index (κ3) is 3.44. The fourth-order valence-corrected chi connectivity index (χ4v) is 3.25. The molecule has 3 rings (SSSR count). The number of hydrogen-bond donors (Lipinski definition) is 2. The van der Waals surface area contributed by atoms with E-state index >= 15 is 0 Å². The summed E-state index contributed by atoms with van der Waals surface area (Å²) in [6.07, 6.45) is 3.79. The molecule has 1 aliphatic heterocycles. The van der Waals surface area contributed by atoms with Crippen molar-refractivity contribution in [3.8, 4) is 0 Å². The minimum atomic E-state index is 0.274. The van der Waals surface area contributed by atoms with Gasteiger partial charge in [-0.15, -0.1) is 0 Å². The maximum Gasteiger partial charge on any atom is 0.124 e. The molecule has 0 amide bonds. The highest BCUT2D eigenvalue weighted by Gasteiger charge is 2.19. The standard InChI is InChI=1S/C17H26N4/c1-3-21-11-6-7-14(10-12-21)18-13(2)17-19-15-8-4-5-9-16(15)20-17/h4-5,8-9,13-14,18H,3,6-7,10-12H2,1-2H3,(H,19,20). The maximum atomic E-state index is 4.70. The number of hydrogen-bond acceptors (Lipinski definition) is 3. The van der Waals surface area contributed by atoms with Gasteiger partial charge in [-0.3, -0.25) is 0 Å². The number of rotatable bonds is 4. The molecule has 1 aromatic carbocycles. The Morgan fingerprint density at radius 2 is 2.19 bits per heavy atom. The highest BCUT2D eigenvalue weighted by Crippen LogP contribution is 2.18. The number of nitrogens with zero attached hydrogens (tertiary/aromatic N) is 2. The van der Waals surface area contributed by atoms with Crippen LogP contribution in [0.1, 0.15) is 45.0 Å². The summed E-state index contributed by atoms with van der Waals surface area (Å²) >= 11 is 0. The Labute approximate surface area is 126 Å². The van der Waals surface area contributed by atoms with Crippen molar-refractivity contribution >= 4 is 11.0 Å². The van der Waals surface area contributed by atoms with E-state index in [-0.39, 0.29) is 6.04 Å². The predicted molar refractivity (Wildman–Crippen MR) is 87.4 cm³/mol. The Balaban J connectivity index is 1.64. The quantitative estimate of drug-likeness (QED) is 0.908. The molecule has 0 bridgehead atoms. The number of aromatic amines is 1. The van der Waals surface area contributed by atoms with E-state index in [2.05, 4.69) is 41.2 Å². The summed E-state index contributed by atoms with van der Waals surface area (Å²) in [6.45, 7) is 8.09. The highest BCUT2D eigenvalue weighted by atomic mass is 15.1. The number of nitrogens with one attached hydrogen (secondary N) is 2. The topological polar surface area (TPSA) is 44.0 Å². The van der Waals surface area contributed by atoms with Gasteiger partial charge in [0.2, 0.25) is 0 Å². The Bertz CT molecular complexity index is 544. The number of benzene rings is 1. The van der Waals surface area contributed by atoms with Crippen molar-refractivity contribution in [2.45, 2.75) is 45.2 Å². The number of likely N-dealkylation sites (tertiary alicyclic amines) is 1. The van der Waals surface area contributed by atoms with Crippen molar-refractivity contribution in [2.24, 2.45) is 0 Å². The predicted octanol–water partition coefficient (Wildman–Crippen LogP) is 3.09. The lowest BCUT2D eigenvalue weighted by atomic mass is 10.1. The van der Waals surface area contributed by atoms with E-state index in [0.29, 0.717) is 6.04 Å². The number of H-pyrrole nitrogens is 1. The monoisotopic (exact) mass is 286 g/mol. The van der Waals surface area contributed by atoms with E-state index in [0.717, 1.165) is 16.9 Å². The smallest absolute Gasteiger partial charge is 0.124 e. The number of fused-ring (bicyclic) bond motifs is 1. The molecule has 0 radical (unpaired) electrons. The largest absolute Gasteiger partial charge is 0.341 e. The molecule has 2 atom stereocenters. The summed E-state index contributed by atoms with van der Waals surface area (Å²) in [5, 5.41) is 3.76. The van der Waals surface area contributed by atoms with Crippen molar-refractivity contribution < 1.29 is 0 Å². The Morgan fingerprint density at radius 3 is 3.00 bits per heavy atom. The van der Waals surface area contributed by atoms with Gasteiger partial charge < -0.3 is 15.2 Å². The second-order valence-corrected chi connectivity index (χ2v) is 6.09. The van der Waals surface area contributed by atoms with E-state index < -0.39 is 0 Å². The highest BCUT2D eigenvalue weighted by molar-refractivity contribution is 5.74. The zero-order valence-electron chi connectivity index (χ0n) is 13.1. The fraction of sp³-hybridized carbons (Fsp3) is 0.588. The van der Waals surface area contributed by atoms with Crippen molar-refractivity contribution in [3.63, 3.8) is 0 Å². The van der Waals surface area contributed by atoms with Gasteiger partial charge in [-0.05, 0) is 58.0 Å². The summed E-state index contributed by atoms with van der Waals surface area (Å²) in [6, 6.07) is 9.11. The zero-order valence-corrected chi connectivity index (χ0v) is 13.1. The van der Waals surface area contributed by atoms with Crippen LogP contribution in [-0.4, -0.2) is 40.5 Å². The van der Waals surface area contributed by atoms with Crippen LogP contribution in [-0.2, 0) is 0 Å². The number of aromatic nitrogens is 2. The van der Waals surface area contributed by atoms with Gasteiger partial charge in [0.1, 0.15) is 5.82 Å². The summed E-state index contributed by atoms with van der Waals surface area (Å²) in [5.41, 5.74) is 2.18. The summed E-state index contributed by atoms with van der Waals surface area (Å²) in [5.74, 6) is 1.05. The van der Waals surface area contributed by atoms with Gasteiger partial charge in [0, 0.05) is 6.04 Å². The lowest BCUT2D eigenvalue weighted by molar-refractivity contribution is 0.295. The number of para-hydroxylation sites is 2. The van der Waals surface area contributed by atoms with E-state index in [4.69, 9.17) is 4.98 Å². The molecule has 1 fully saturated rings. The lowest BCUT2D eigenvalue weighted by Gasteiger charge is -2.21.